The molecule has 24 heavy (non-hydrogen) atoms. The normalized spacial score (nSPS) is 26.6. The number of nitrogens with zero attached hydrogens (tertiary/aromatic N) is 3. The van der Waals surface area contributed by atoms with E-state index in [0.29, 0.717) is 5.56 Å². The van der Waals surface area contributed by atoms with Gasteiger partial charge in [-0.25, -0.2) is 9.18 Å². The number of halogens is 1. The van der Waals surface area contributed by atoms with Crippen LogP contribution in [-0.2, 0) is 11.3 Å². The van der Waals surface area contributed by atoms with E-state index in [-0.39, 0.29) is 6.54 Å². The Morgan fingerprint density at radius 3 is 2.58 bits per heavy atom. The summed E-state index contributed by atoms with van der Waals surface area (Å²) in [4.78, 5) is 28.4. The Kier molecular flexibility index (Phi) is 4.56. The van der Waals surface area contributed by atoms with E-state index in [2.05, 4.69) is 4.98 Å². The third-order valence-corrected chi connectivity index (χ3v) is 3.93. The monoisotopic (exact) mass is 337 g/mol. The van der Waals surface area contributed by atoms with Crippen molar-refractivity contribution in [2.75, 3.05) is 6.61 Å². The summed E-state index contributed by atoms with van der Waals surface area (Å²) in [5.41, 5.74) is -0.627. The average Bonchev–Trinajstić information content (AvgIpc) is 2.88. The molecule has 2 aromatic heterocycles. The minimum absolute atomic E-state index is 0.00329. The molecule has 2 N–H and O–H groups in total. The minimum Gasteiger partial charge on any atom is -0.394 e. The first-order chi connectivity index (χ1) is 11.5. The first-order valence-electron chi connectivity index (χ1n) is 7.32. The molecule has 9 heteroatoms. The van der Waals surface area contributed by atoms with Gasteiger partial charge in [0.15, 0.2) is 12.4 Å². The van der Waals surface area contributed by atoms with Crippen molar-refractivity contribution >= 4 is 0 Å². The highest BCUT2D eigenvalue weighted by Crippen LogP contribution is 2.30. The minimum atomic E-state index is -1.90. The zero-order chi connectivity index (χ0) is 17.3. The quantitative estimate of drug-likeness (QED) is 0.744. The van der Waals surface area contributed by atoms with Crippen LogP contribution in [0, 0.1) is 0 Å². The van der Waals surface area contributed by atoms with E-state index < -0.39 is 42.5 Å². The second-order valence-electron chi connectivity index (χ2n) is 5.47. The van der Waals surface area contributed by atoms with Gasteiger partial charge in [0.1, 0.15) is 12.2 Å². The molecule has 0 bridgehead atoms. The molecule has 3 rings (SSSR count). The van der Waals surface area contributed by atoms with Crippen molar-refractivity contribution in [3.05, 3.63) is 63.2 Å². The van der Waals surface area contributed by atoms with Crippen molar-refractivity contribution in [3.8, 4) is 0 Å². The van der Waals surface area contributed by atoms with E-state index in [9.17, 15) is 19.1 Å². The van der Waals surface area contributed by atoms with Crippen molar-refractivity contribution in [2.24, 2.45) is 0 Å². The van der Waals surface area contributed by atoms with Crippen LogP contribution in [0.2, 0.25) is 0 Å². The molecule has 0 amide bonds. The molecule has 0 aromatic carbocycles. The van der Waals surface area contributed by atoms with Gasteiger partial charge in [0, 0.05) is 24.7 Å². The van der Waals surface area contributed by atoms with Crippen LogP contribution in [0.15, 0.2) is 46.4 Å². The summed E-state index contributed by atoms with van der Waals surface area (Å²) < 4.78 is 21.3. The molecule has 0 radical (unpaired) electrons. The van der Waals surface area contributed by atoms with E-state index in [1.54, 1.807) is 12.1 Å². The van der Waals surface area contributed by atoms with E-state index in [1.165, 1.54) is 12.4 Å². The number of pyridine rings is 1. The molecule has 3 heterocycles. The predicted molar refractivity (Wildman–Crippen MR) is 80.2 cm³/mol. The Morgan fingerprint density at radius 2 is 1.96 bits per heavy atom. The SMILES string of the molecule is O=c1ccn([C@@H]2O[C@H](CO)C(O)[C@@H]2F)c(=O)n1Cc1ccncc1. The lowest BCUT2D eigenvalue weighted by Gasteiger charge is -2.17. The number of aliphatic hydroxyl groups is 2. The Morgan fingerprint density at radius 1 is 1.25 bits per heavy atom. The first kappa shape index (κ1) is 16.5. The molecule has 1 aliphatic rings. The highest BCUT2D eigenvalue weighted by Gasteiger charge is 2.45. The maximum absolute atomic E-state index is 14.2. The number of hydrogen-bond acceptors (Lipinski definition) is 6. The number of hydrogen-bond donors (Lipinski definition) is 2. The molecule has 0 spiro atoms. The fourth-order valence-electron chi connectivity index (χ4n) is 2.62. The second-order valence-corrected chi connectivity index (χ2v) is 5.47. The summed E-state index contributed by atoms with van der Waals surface area (Å²) in [7, 11) is 0. The van der Waals surface area contributed by atoms with Gasteiger partial charge in [-0.3, -0.25) is 18.9 Å². The summed E-state index contributed by atoms with van der Waals surface area (Å²) in [6.45, 7) is -0.583. The molecule has 4 atom stereocenters. The average molecular weight is 337 g/mol. The van der Waals surface area contributed by atoms with Crippen molar-refractivity contribution in [1.82, 2.24) is 14.1 Å². The van der Waals surface area contributed by atoms with Crippen LogP contribution in [-0.4, -0.2) is 49.3 Å². The number of aromatic nitrogens is 3. The summed E-state index contributed by atoms with van der Waals surface area (Å²) in [6, 6.07) is 4.43. The lowest BCUT2D eigenvalue weighted by atomic mass is 10.1. The second kappa shape index (κ2) is 6.63. The summed E-state index contributed by atoms with van der Waals surface area (Å²) in [6.07, 6.45) is -1.80. The first-order valence-corrected chi connectivity index (χ1v) is 7.32. The zero-order valence-corrected chi connectivity index (χ0v) is 12.5. The highest BCUT2D eigenvalue weighted by atomic mass is 19.1. The number of ether oxygens (including phenoxy) is 1. The molecule has 0 saturated carbocycles. The van der Waals surface area contributed by atoms with Gasteiger partial charge in [-0.1, -0.05) is 0 Å². The lowest BCUT2D eigenvalue weighted by Crippen LogP contribution is -2.42. The number of rotatable bonds is 4. The van der Waals surface area contributed by atoms with Crippen LogP contribution >= 0.6 is 0 Å². The smallest absolute Gasteiger partial charge is 0.333 e. The third-order valence-electron chi connectivity index (χ3n) is 3.93. The summed E-state index contributed by atoms with van der Waals surface area (Å²) in [5, 5.41) is 18.8. The van der Waals surface area contributed by atoms with E-state index >= 15 is 0 Å². The number of aliphatic hydroxyl groups excluding tert-OH is 2. The Labute approximate surface area is 135 Å². The molecule has 1 unspecified atom stereocenters. The Hall–Kier alpha value is -2.36. The lowest BCUT2D eigenvalue weighted by molar-refractivity contribution is -0.0496. The predicted octanol–water partition coefficient (Wildman–Crippen LogP) is -0.958. The molecule has 1 aliphatic heterocycles. The number of alkyl halides is 1. The molecule has 1 fully saturated rings. The van der Waals surface area contributed by atoms with Crippen molar-refractivity contribution in [2.45, 2.75) is 31.2 Å². The van der Waals surface area contributed by atoms with E-state index in [0.717, 1.165) is 21.4 Å². The van der Waals surface area contributed by atoms with Crippen molar-refractivity contribution in [1.29, 1.82) is 0 Å². The van der Waals surface area contributed by atoms with Crippen LogP contribution in [0.25, 0.3) is 0 Å². The van der Waals surface area contributed by atoms with E-state index in [1.807, 2.05) is 0 Å². The molecular formula is C15H16FN3O5. The van der Waals surface area contributed by atoms with Gasteiger partial charge >= 0.3 is 5.69 Å². The molecule has 128 valence electrons. The van der Waals surface area contributed by atoms with Gasteiger partial charge in [-0.05, 0) is 17.7 Å². The van der Waals surface area contributed by atoms with Gasteiger partial charge < -0.3 is 14.9 Å². The van der Waals surface area contributed by atoms with Crippen LogP contribution in [0.3, 0.4) is 0 Å². The molecule has 1 saturated heterocycles. The maximum atomic E-state index is 14.2. The molecule has 2 aromatic rings. The summed E-state index contributed by atoms with van der Waals surface area (Å²) in [5.74, 6) is 0. The standard InChI is InChI=1S/C15H16FN3O5/c16-12-13(22)10(8-20)24-14(12)18-6-3-11(21)19(15(18)23)7-9-1-4-17-5-2-9/h1-6,10,12-14,20,22H,7-8H2/t10-,12+,13?,14-/m1/s1. The van der Waals surface area contributed by atoms with Crippen LogP contribution in [0.1, 0.15) is 11.8 Å². The largest absolute Gasteiger partial charge is 0.394 e. The van der Waals surface area contributed by atoms with E-state index in [4.69, 9.17) is 9.84 Å². The van der Waals surface area contributed by atoms with Gasteiger partial charge in [0.05, 0.1) is 13.2 Å². The fraction of sp³-hybridized carbons (Fsp3) is 0.400. The van der Waals surface area contributed by atoms with Crippen LogP contribution in [0.5, 0.6) is 0 Å². The zero-order valence-electron chi connectivity index (χ0n) is 12.5. The van der Waals surface area contributed by atoms with Crippen LogP contribution < -0.4 is 11.2 Å². The Balaban J connectivity index is 1.98. The fourth-order valence-corrected chi connectivity index (χ4v) is 2.62. The topological polar surface area (TPSA) is 107 Å². The maximum Gasteiger partial charge on any atom is 0.333 e. The Bertz CT molecular complexity index is 822. The van der Waals surface area contributed by atoms with Gasteiger partial charge in [-0.15, -0.1) is 0 Å². The van der Waals surface area contributed by atoms with Gasteiger partial charge in [0.2, 0.25) is 0 Å². The summed E-state index contributed by atoms with van der Waals surface area (Å²) >= 11 is 0. The molecule has 0 aliphatic carbocycles. The highest BCUT2D eigenvalue weighted by molar-refractivity contribution is 5.10. The van der Waals surface area contributed by atoms with Gasteiger partial charge in [-0.2, -0.15) is 0 Å². The third kappa shape index (κ3) is 2.88. The van der Waals surface area contributed by atoms with Gasteiger partial charge in [0.25, 0.3) is 5.56 Å². The van der Waals surface area contributed by atoms with Crippen molar-refractivity contribution < 1.29 is 19.3 Å². The van der Waals surface area contributed by atoms with Crippen molar-refractivity contribution in [3.63, 3.8) is 0 Å². The van der Waals surface area contributed by atoms with Crippen LogP contribution in [0.4, 0.5) is 4.39 Å². The molecule has 8 nitrogen and oxygen atoms in total. The molecular weight excluding hydrogens is 321 g/mol.